The second-order valence-electron chi connectivity index (χ2n) is 6.82. The Hall–Kier alpha value is -3.55. The van der Waals surface area contributed by atoms with Gasteiger partial charge in [0.1, 0.15) is 5.58 Å². The van der Waals surface area contributed by atoms with Crippen LogP contribution in [0.25, 0.3) is 22.6 Å². The van der Waals surface area contributed by atoms with E-state index in [1.54, 1.807) is 23.4 Å². The van der Waals surface area contributed by atoms with Gasteiger partial charge in [-0.2, -0.15) is 4.98 Å². The highest BCUT2D eigenvalue weighted by molar-refractivity contribution is 5.99. The second kappa shape index (κ2) is 6.56. The van der Waals surface area contributed by atoms with Gasteiger partial charge in [0.25, 0.3) is 5.91 Å². The van der Waals surface area contributed by atoms with E-state index in [1.807, 2.05) is 31.2 Å². The Morgan fingerprint density at radius 2 is 1.96 bits per heavy atom. The van der Waals surface area contributed by atoms with Crippen LogP contribution in [0.4, 0.5) is 0 Å². The fraction of sp³-hybridized carbons (Fsp3) is 0.250. The number of fused-ring (bicyclic) bond motifs is 1. The first-order valence-electron chi connectivity index (χ1n) is 9.09. The van der Waals surface area contributed by atoms with Gasteiger partial charge in [0, 0.05) is 36.4 Å². The molecule has 0 N–H and O–H groups in total. The van der Waals surface area contributed by atoms with Crippen LogP contribution in [-0.4, -0.2) is 44.0 Å². The molecule has 1 aliphatic rings. The van der Waals surface area contributed by atoms with Gasteiger partial charge in [0.2, 0.25) is 17.5 Å². The van der Waals surface area contributed by atoms with Gasteiger partial charge >= 0.3 is 0 Å². The van der Waals surface area contributed by atoms with Gasteiger partial charge in [-0.3, -0.25) is 4.79 Å². The standard InChI is InChI=1S/C20H17N5O3/c1-12-14-5-2-3-6-15(14)27-16(12)20(26)25-10-7-13(11-25)19-23-18(24-28-19)17-21-8-4-9-22-17/h2-6,8-9,13H,7,10-11H2,1H3. The molecule has 0 radical (unpaired) electrons. The SMILES string of the molecule is Cc1c(C(=O)N2CCC(c3nc(-c4ncccn4)no3)C2)oc2ccccc12. The van der Waals surface area contributed by atoms with E-state index < -0.39 is 0 Å². The summed E-state index contributed by atoms with van der Waals surface area (Å²) in [4.78, 5) is 27.4. The van der Waals surface area contributed by atoms with E-state index in [0.29, 0.717) is 36.4 Å². The van der Waals surface area contributed by atoms with Gasteiger partial charge in [-0.1, -0.05) is 23.4 Å². The van der Waals surface area contributed by atoms with Gasteiger partial charge in [0.15, 0.2) is 5.76 Å². The van der Waals surface area contributed by atoms with Crippen molar-refractivity contribution >= 4 is 16.9 Å². The molecule has 140 valence electrons. The summed E-state index contributed by atoms with van der Waals surface area (Å²) in [5.74, 6) is 1.54. The lowest BCUT2D eigenvalue weighted by molar-refractivity contribution is 0.0759. The van der Waals surface area contributed by atoms with Crippen molar-refractivity contribution in [3.8, 4) is 11.6 Å². The van der Waals surface area contributed by atoms with Gasteiger partial charge in [-0.15, -0.1) is 0 Å². The van der Waals surface area contributed by atoms with Crippen molar-refractivity contribution in [3.05, 3.63) is 59.9 Å². The normalized spacial score (nSPS) is 16.8. The number of para-hydroxylation sites is 1. The zero-order valence-corrected chi connectivity index (χ0v) is 15.2. The first-order chi connectivity index (χ1) is 13.7. The van der Waals surface area contributed by atoms with E-state index in [2.05, 4.69) is 20.1 Å². The fourth-order valence-corrected chi connectivity index (χ4v) is 3.57. The van der Waals surface area contributed by atoms with Crippen LogP contribution in [-0.2, 0) is 0 Å². The Balaban J connectivity index is 1.35. The minimum Gasteiger partial charge on any atom is -0.451 e. The molecule has 3 aromatic heterocycles. The van der Waals surface area contributed by atoms with E-state index in [4.69, 9.17) is 8.94 Å². The molecule has 1 atom stereocenters. The molecule has 1 amide bonds. The first kappa shape index (κ1) is 16.6. The first-order valence-corrected chi connectivity index (χ1v) is 9.09. The number of aryl methyl sites for hydroxylation is 1. The maximum absolute atomic E-state index is 13.0. The Bertz CT molecular complexity index is 1150. The molecular weight excluding hydrogens is 358 g/mol. The van der Waals surface area contributed by atoms with Crippen LogP contribution >= 0.6 is 0 Å². The second-order valence-corrected chi connectivity index (χ2v) is 6.82. The van der Waals surface area contributed by atoms with Crippen LogP contribution in [0.15, 0.2) is 51.7 Å². The van der Waals surface area contributed by atoms with Crippen LogP contribution in [0.5, 0.6) is 0 Å². The molecule has 0 aliphatic carbocycles. The van der Waals surface area contributed by atoms with Crippen molar-refractivity contribution in [2.45, 2.75) is 19.3 Å². The molecular formula is C20H17N5O3. The Kier molecular flexibility index (Phi) is 3.89. The van der Waals surface area contributed by atoms with Crippen LogP contribution in [0.3, 0.4) is 0 Å². The minimum atomic E-state index is -0.109. The smallest absolute Gasteiger partial charge is 0.289 e. The van der Waals surface area contributed by atoms with Crippen molar-refractivity contribution < 1.29 is 13.7 Å². The monoisotopic (exact) mass is 375 g/mol. The molecule has 4 heterocycles. The largest absolute Gasteiger partial charge is 0.451 e. The lowest BCUT2D eigenvalue weighted by Gasteiger charge is -2.14. The van der Waals surface area contributed by atoms with E-state index >= 15 is 0 Å². The number of carbonyl (C=O) groups excluding carboxylic acids is 1. The Morgan fingerprint density at radius 3 is 2.79 bits per heavy atom. The quantitative estimate of drug-likeness (QED) is 0.542. The van der Waals surface area contributed by atoms with Gasteiger partial charge < -0.3 is 13.8 Å². The molecule has 1 aromatic carbocycles. The summed E-state index contributed by atoms with van der Waals surface area (Å²) < 4.78 is 11.2. The van der Waals surface area contributed by atoms with Crippen LogP contribution < -0.4 is 0 Å². The topological polar surface area (TPSA) is 98.2 Å². The van der Waals surface area contributed by atoms with Crippen molar-refractivity contribution in [1.82, 2.24) is 25.0 Å². The summed E-state index contributed by atoms with van der Waals surface area (Å²) in [7, 11) is 0. The minimum absolute atomic E-state index is 0.0152. The lowest BCUT2D eigenvalue weighted by atomic mass is 10.1. The van der Waals surface area contributed by atoms with E-state index in [-0.39, 0.29) is 11.8 Å². The molecule has 1 aliphatic heterocycles. The molecule has 28 heavy (non-hydrogen) atoms. The number of furan rings is 1. The summed E-state index contributed by atoms with van der Waals surface area (Å²) >= 11 is 0. The lowest BCUT2D eigenvalue weighted by Crippen LogP contribution is -2.28. The van der Waals surface area contributed by atoms with E-state index in [9.17, 15) is 4.79 Å². The maximum atomic E-state index is 13.0. The number of amides is 1. The van der Waals surface area contributed by atoms with Crippen LogP contribution in [0, 0.1) is 6.92 Å². The predicted octanol–water partition coefficient (Wildman–Crippen LogP) is 3.21. The zero-order chi connectivity index (χ0) is 19.1. The zero-order valence-electron chi connectivity index (χ0n) is 15.2. The number of aromatic nitrogens is 4. The highest BCUT2D eigenvalue weighted by atomic mass is 16.5. The van der Waals surface area contributed by atoms with Gasteiger partial charge in [0.05, 0.1) is 5.92 Å². The highest BCUT2D eigenvalue weighted by Crippen LogP contribution is 2.31. The molecule has 1 saturated heterocycles. The van der Waals surface area contributed by atoms with Gasteiger partial charge in [-0.25, -0.2) is 9.97 Å². The molecule has 8 nitrogen and oxygen atoms in total. The molecule has 4 aromatic rings. The van der Waals surface area contributed by atoms with Crippen molar-refractivity contribution in [2.24, 2.45) is 0 Å². The van der Waals surface area contributed by atoms with E-state index in [0.717, 1.165) is 23.0 Å². The number of hydrogen-bond acceptors (Lipinski definition) is 7. The maximum Gasteiger partial charge on any atom is 0.289 e. The van der Waals surface area contributed by atoms with Crippen molar-refractivity contribution in [2.75, 3.05) is 13.1 Å². The predicted molar refractivity (Wildman–Crippen MR) is 99.5 cm³/mol. The summed E-state index contributed by atoms with van der Waals surface area (Å²) in [6.45, 7) is 3.03. The third kappa shape index (κ3) is 2.74. The number of rotatable bonds is 3. The highest BCUT2D eigenvalue weighted by Gasteiger charge is 2.34. The summed E-state index contributed by atoms with van der Waals surface area (Å²) in [5, 5.41) is 4.93. The number of benzene rings is 1. The molecule has 0 spiro atoms. The molecule has 1 fully saturated rings. The average molecular weight is 375 g/mol. The number of carbonyl (C=O) groups is 1. The molecule has 0 bridgehead atoms. The number of hydrogen-bond donors (Lipinski definition) is 0. The molecule has 1 unspecified atom stereocenters. The van der Waals surface area contributed by atoms with Crippen LogP contribution in [0.1, 0.15) is 34.3 Å². The molecule has 5 rings (SSSR count). The van der Waals surface area contributed by atoms with E-state index in [1.165, 1.54) is 0 Å². The fourth-order valence-electron chi connectivity index (χ4n) is 3.57. The van der Waals surface area contributed by atoms with Crippen molar-refractivity contribution in [3.63, 3.8) is 0 Å². The van der Waals surface area contributed by atoms with Crippen LogP contribution in [0.2, 0.25) is 0 Å². The third-order valence-corrected chi connectivity index (χ3v) is 5.07. The molecule has 0 saturated carbocycles. The summed E-state index contributed by atoms with van der Waals surface area (Å²) in [6.07, 6.45) is 4.01. The molecule has 8 heteroatoms. The van der Waals surface area contributed by atoms with Gasteiger partial charge in [-0.05, 0) is 25.5 Å². The Labute approximate surface area is 160 Å². The third-order valence-electron chi connectivity index (χ3n) is 5.07. The number of nitrogens with zero attached hydrogens (tertiary/aromatic N) is 5. The summed E-state index contributed by atoms with van der Waals surface area (Å²) in [5.41, 5.74) is 1.59. The Morgan fingerprint density at radius 1 is 1.14 bits per heavy atom. The average Bonchev–Trinajstić information content (AvgIpc) is 3.47. The number of likely N-dealkylation sites (tertiary alicyclic amines) is 1. The van der Waals surface area contributed by atoms with Crippen molar-refractivity contribution in [1.29, 1.82) is 0 Å². The summed E-state index contributed by atoms with van der Waals surface area (Å²) in [6, 6.07) is 9.40.